The summed E-state index contributed by atoms with van der Waals surface area (Å²) in [7, 11) is 0. The van der Waals surface area contributed by atoms with E-state index in [1.54, 1.807) is 0 Å². The third kappa shape index (κ3) is 8.99. The SMILES string of the molecule is CCOC(=O)[C@H](CCN1CCC[C@H]1CC)NCCCC(=O)OC(C)(C)C. The van der Waals surface area contributed by atoms with Crippen molar-refractivity contribution in [2.75, 3.05) is 26.2 Å². The summed E-state index contributed by atoms with van der Waals surface area (Å²) in [5, 5.41) is 3.27. The van der Waals surface area contributed by atoms with Gasteiger partial charge in [-0.05, 0) is 72.9 Å². The third-order valence-corrected chi connectivity index (χ3v) is 4.61. The molecule has 1 N–H and O–H groups in total. The van der Waals surface area contributed by atoms with Crippen LogP contribution in [0.2, 0.25) is 0 Å². The first-order valence-electron chi connectivity index (χ1n) is 10.1. The molecule has 0 spiro atoms. The molecular weight excluding hydrogens is 332 g/mol. The molecule has 6 nitrogen and oxygen atoms in total. The fourth-order valence-corrected chi connectivity index (χ4v) is 3.39. The lowest BCUT2D eigenvalue weighted by Crippen LogP contribution is -2.42. The standard InChI is InChI=1S/C20H38N2O4/c1-6-16-10-9-14-22(16)15-12-17(19(24)25-7-2)21-13-8-11-18(23)26-20(3,4)5/h16-17,21H,6-15H2,1-5H3/t16-,17+/m1/s1. The van der Waals surface area contributed by atoms with E-state index in [2.05, 4.69) is 17.1 Å². The van der Waals surface area contributed by atoms with Gasteiger partial charge in [-0.25, -0.2) is 0 Å². The molecule has 1 fully saturated rings. The van der Waals surface area contributed by atoms with Crippen LogP contribution in [0.1, 0.15) is 73.1 Å². The molecule has 0 radical (unpaired) electrons. The van der Waals surface area contributed by atoms with E-state index in [4.69, 9.17) is 9.47 Å². The van der Waals surface area contributed by atoms with Crippen molar-refractivity contribution in [1.82, 2.24) is 10.2 Å². The zero-order valence-electron chi connectivity index (χ0n) is 17.3. The second-order valence-electron chi connectivity index (χ2n) is 7.98. The van der Waals surface area contributed by atoms with E-state index in [0.29, 0.717) is 32.0 Å². The zero-order valence-corrected chi connectivity index (χ0v) is 17.3. The van der Waals surface area contributed by atoms with E-state index in [-0.39, 0.29) is 18.0 Å². The molecule has 1 rings (SSSR count). The van der Waals surface area contributed by atoms with Gasteiger partial charge in [0.25, 0.3) is 0 Å². The Kier molecular flexibility index (Phi) is 10.2. The average Bonchev–Trinajstić information content (AvgIpc) is 3.00. The number of ether oxygens (including phenoxy) is 2. The topological polar surface area (TPSA) is 67.9 Å². The predicted molar refractivity (Wildman–Crippen MR) is 103 cm³/mol. The lowest BCUT2D eigenvalue weighted by molar-refractivity contribution is -0.154. The maximum Gasteiger partial charge on any atom is 0.323 e. The molecule has 26 heavy (non-hydrogen) atoms. The molecule has 1 aliphatic heterocycles. The summed E-state index contributed by atoms with van der Waals surface area (Å²) in [5.74, 6) is -0.396. The Hall–Kier alpha value is -1.14. The van der Waals surface area contributed by atoms with E-state index in [1.807, 2.05) is 27.7 Å². The van der Waals surface area contributed by atoms with Crippen molar-refractivity contribution < 1.29 is 19.1 Å². The van der Waals surface area contributed by atoms with Gasteiger partial charge in [-0.3, -0.25) is 9.59 Å². The molecule has 152 valence electrons. The molecule has 0 bridgehead atoms. The van der Waals surface area contributed by atoms with Gasteiger partial charge >= 0.3 is 11.9 Å². The first-order valence-corrected chi connectivity index (χ1v) is 10.1. The van der Waals surface area contributed by atoms with Crippen LogP contribution < -0.4 is 5.32 Å². The highest BCUT2D eigenvalue weighted by Crippen LogP contribution is 2.20. The number of carbonyl (C=O) groups is 2. The van der Waals surface area contributed by atoms with Crippen molar-refractivity contribution in [2.45, 2.75) is 90.8 Å². The molecule has 0 aromatic rings. The summed E-state index contributed by atoms with van der Waals surface area (Å²) in [6.45, 7) is 12.6. The fourth-order valence-electron chi connectivity index (χ4n) is 3.39. The van der Waals surface area contributed by atoms with E-state index < -0.39 is 5.60 Å². The molecule has 1 saturated heterocycles. The molecule has 0 amide bonds. The smallest absolute Gasteiger partial charge is 0.323 e. The Labute approximate surface area is 159 Å². The molecule has 0 aromatic carbocycles. The lowest BCUT2D eigenvalue weighted by atomic mass is 10.1. The monoisotopic (exact) mass is 370 g/mol. The summed E-state index contributed by atoms with van der Waals surface area (Å²) < 4.78 is 10.5. The molecule has 1 aliphatic rings. The van der Waals surface area contributed by atoms with Crippen molar-refractivity contribution in [2.24, 2.45) is 0 Å². The highest BCUT2D eigenvalue weighted by Gasteiger charge is 2.26. The summed E-state index contributed by atoms with van der Waals surface area (Å²) in [6, 6.07) is 0.330. The van der Waals surface area contributed by atoms with E-state index in [9.17, 15) is 9.59 Å². The Morgan fingerprint density at radius 2 is 2.00 bits per heavy atom. The van der Waals surface area contributed by atoms with Crippen LogP contribution in [0.15, 0.2) is 0 Å². The Bertz CT molecular complexity index is 434. The van der Waals surface area contributed by atoms with Gasteiger partial charge in [0.05, 0.1) is 6.61 Å². The van der Waals surface area contributed by atoms with Gasteiger partial charge in [0.15, 0.2) is 0 Å². The largest absolute Gasteiger partial charge is 0.465 e. The number of esters is 2. The number of likely N-dealkylation sites (tertiary alicyclic amines) is 1. The Balaban J connectivity index is 2.38. The van der Waals surface area contributed by atoms with E-state index in [0.717, 1.165) is 25.9 Å². The summed E-state index contributed by atoms with van der Waals surface area (Å²) in [5.41, 5.74) is -0.455. The number of nitrogens with one attached hydrogen (secondary N) is 1. The minimum Gasteiger partial charge on any atom is -0.465 e. The van der Waals surface area contributed by atoms with Crippen LogP contribution in [-0.4, -0.2) is 60.8 Å². The van der Waals surface area contributed by atoms with Crippen LogP contribution in [0, 0.1) is 0 Å². The number of rotatable bonds is 11. The van der Waals surface area contributed by atoms with Crippen molar-refractivity contribution in [1.29, 1.82) is 0 Å². The van der Waals surface area contributed by atoms with Crippen LogP contribution in [0.5, 0.6) is 0 Å². The molecule has 0 aliphatic carbocycles. The Morgan fingerprint density at radius 1 is 1.27 bits per heavy atom. The highest BCUT2D eigenvalue weighted by molar-refractivity contribution is 5.75. The quantitative estimate of drug-likeness (QED) is 0.445. The van der Waals surface area contributed by atoms with Gasteiger partial charge in [0.1, 0.15) is 11.6 Å². The van der Waals surface area contributed by atoms with Crippen molar-refractivity contribution in [3.8, 4) is 0 Å². The van der Waals surface area contributed by atoms with Gasteiger partial charge in [0.2, 0.25) is 0 Å². The van der Waals surface area contributed by atoms with Crippen LogP contribution >= 0.6 is 0 Å². The second kappa shape index (κ2) is 11.5. The molecule has 0 saturated carbocycles. The summed E-state index contributed by atoms with van der Waals surface area (Å²) in [6.07, 6.45) is 5.39. The number of hydrogen-bond acceptors (Lipinski definition) is 6. The zero-order chi connectivity index (χ0) is 19.6. The third-order valence-electron chi connectivity index (χ3n) is 4.61. The number of hydrogen-bond donors (Lipinski definition) is 1. The molecular formula is C20H38N2O4. The van der Waals surface area contributed by atoms with Gasteiger partial charge < -0.3 is 19.7 Å². The average molecular weight is 371 g/mol. The van der Waals surface area contributed by atoms with Crippen LogP contribution in [0.4, 0.5) is 0 Å². The highest BCUT2D eigenvalue weighted by atomic mass is 16.6. The molecule has 0 unspecified atom stereocenters. The van der Waals surface area contributed by atoms with Crippen LogP contribution in [-0.2, 0) is 19.1 Å². The molecule has 6 heteroatoms. The lowest BCUT2D eigenvalue weighted by Gasteiger charge is -2.25. The summed E-state index contributed by atoms with van der Waals surface area (Å²) >= 11 is 0. The molecule has 0 aromatic heterocycles. The van der Waals surface area contributed by atoms with Crippen LogP contribution in [0.25, 0.3) is 0 Å². The minimum absolute atomic E-state index is 0.197. The normalized spacial score (nSPS) is 19.3. The van der Waals surface area contributed by atoms with Crippen molar-refractivity contribution in [3.63, 3.8) is 0 Å². The minimum atomic E-state index is -0.455. The second-order valence-corrected chi connectivity index (χ2v) is 7.98. The van der Waals surface area contributed by atoms with Gasteiger partial charge in [-0.1, -0.05) is 6.92 Å². The van der Waals surface area contributed by atoms with Crippen LogP contribution in [0.3, 0.4) is 0 Å². The fraction of sp³-hybridized carbons (Fsp3) is 0.900. The maximum absolute atomic E-state index is 12.2. The number of carbonyl (C=O) groups excluding carboxylic acids is 2. The summed E-state index contributed by atoms with van der Waals surface area (Å²) in [4.78, 5) is 26.5. The Morgan fingerprint density at radius 3 is 2.62 bits per heavy atom. The van der Waals surface area contributed by atoms with E-state index in [1.165, 1.54) is 12.8 Å². The first kappa shape index (κ1) is 22.9. The first-order chi connectivity index (χ1) is 12.3. The van der Waals surface area contributed by atoms with Gasteiger partial charge in [-0.15, -0.1) is 0 Å². The molecule has 1 heterocycles. The molecule has 2 atom stereocenters. The van der Waals surface area contributed by atoms with Crippen molar-refractivity contribution in [3.05, 3.63) is 0 Å². The predicted octanol–water partition coefficient (Wildman–Crippen LogP) is 2.89. The van der Waals surface area contributed by atoms with Gasteiger partial charge in [-0.2, -0.15) is 0 Å². The van der Waals surface area contributed by atoms with Gasteiger partial charge in [0, 0.05) is 19.0 Å². The number of nitrogens with zero attached hydrogens (tertiary/aromatic N) is 1. The maximum atomic E-state index is 12.2. The van der Waals surface area contributed by atoms with Crippen molar-refractivity contribution >= 4 is 11.9 Å². The van der Waals surface area contributed by atoms with E-state index >= 15 is 0 Å².